The maximum absolute atomic E-state index is 12.1. The first-order chi connectivity index (χ1) is 10.0. The van der Waals surface area contributed by atoms with Crippen molar-refractivity contribution < 1.29 is 14.7 Å². The minimum atomic E-state index is -1.09. The molecular formula is C14H14N2O3S2. The van der Waals surface area contributed by atoms with Gasteiger partial charge in [-0.3, -0.25) is 4.79 Å². The minimum absolute atomic E-state index is 0.0485. The van der Waals surface area contributed by atoms with Crippen molar-refractivity contribution >= 4 is 40.2 Å². The number of carboxylic acids is 1. The Morgan fingerprint density at radius 2 is 2.00 bits per heavy atom. The summed E-state index contributed by atoms with van der Waals surface area (Å²) >= 11 is 2.68. The number of carbonyl (C=O) groups is 2. The number of carbonyl (C=O) groups excluding carboxylic acids is 1. The number of nitrogens with zero attached hydrogens (tertiary/aromatic N) is 1. The molecular weight excluding hydrogens is 308 g/mol. The maximum Gasteiger partial charge on any atom is 0.340 e. The highest BCUT2D eigenvalue weighted by Crippen LogP contribution is 2.25. The summed E-state index contributed by atoms with van der Waals surface area (Å²) in [6, 6.07) is 7.24. The SMILES string of the molecule is CSCc1ccc(C(=O)Nc2snc(C)c2C(=O)O)cc1. The van der Waals surface area contributed by atoms with Crippen LogP contribution in [0.4, 0.5) is 5.00 Å². The standard InChI is InChI=1S/C14H14N2O3S2/c1-8-11(14(18)19)13(21-16-8)15-12(17)10-5-3-9(4-6-10)7-20-2/h3-6H,7H2,1-2H3,(H,15,17)(H,18,19). The van der Waals surface area contributed by atoms with E-state index in [1.54, 1.807) is 30.8 Å². The summed E-state index contributed by atoms with van der Waals surface area (Å²) in [5.74, 6) is -0.539. The molecule has 2 aromatic rings. The van der Waals surface area contributed by atoms with Gasteiger partial charge in [0.05, 0.1) is 5.69 Å². The van der Waals surface area contributed by atoms with E-state index < -0.39 is 5.97 Å². The molecule has 1 aromatic carbocycles. The molecule has 0 saturated heterocycles. The van der Waals surface area contributed by atoms with Gasteiger partial charge in [-0.2, -0.15) is 16.1 Å². The number of anilines is 1. The normalized spacial score (nSPS) is 10.4. The van der Waals surface area contributed by atoms with E-state index in [9.17, 15) is 9.59 Å². The van der Waals surface area contributed by atoms with Gasteiger partial charge in [0.2, 0.25) is 0 Å². The largest absolute Gasteiger partial charge is 0.478 e. The first kappa shape index (κ1) is 15.5. The van der Waals surface area contributed by atoms with Crippen molar-refractivity contribution in [2.24, 2.45) is 0 Å². The maximum atomic E-state index is 12.1. The van der Waals surface area contributed by atoms with Gasteiger partial charge in [0, 0.05) is 11.3 Å². The zero-order valence-electron chi connectivity index (χ0n) is 11.5. The van der Waals surface area contributed by atoms with Crippen LogP contribution in [0.2, 0.25) is 0 Å². The Kier molecular flexibility index (Phi) is 4.98. The molecule has 2 N–H and O–H groups in total. The predicted molar refractivity (Wildman–Crippen MR) is 85.4 cm³/mol. The van der Waals surface area contributed by atoms with E-state index in [0.29, 0.717) is 11.3 Å². The fourth-order valence-electron chi connectivity index (χ4n) is 1.80. The van der Waals surface area contributed by atoms with Crippen LogP contribution in [0.1, 0.15) is 32.0 Å². The van der Waals surface area contributed by atoms with Crippen LogP contribution in [0, 0.1) is 6.92 Å². The lowest BCUT2D eigenvalue weighted by Gasteiger charge is -2.05. The topological polar surface area (TPSA) is 79.3 Å². The van der Waals surface area contributed by atoms with E-state index in [4.69, 9.17) is 5.11 Å². The van der Waals surface area contributed by atoms with Gasteiger partial charge >= 0.3 is 5.97 Å². The highest BCUT2D eigenvalue weighted by atomic mass is 32.2. The number of aromatic carboxylic acids is 1. The number of rotatable bonds is 5. The third-order valence-corrected chi connectivity index (χ3v) is 4.31. The van der Waals surface area contributed by atoms with Gasteiger partial charge in [0.1, 0.15) is 10.6 Å². The van der Waals surface area contributed by atoms with E-state index >= 15 is 0 Å². The van der Waals surface area contributed by atoms with Crippen molar-refractivity contribution in [2.75, 3.05) is 11.6 Å². The molecule has 1 aromatic heterocycles. The highest BCUT2D eigenvalue weighted by Gasteiger charge is 2.19. The van der Waals surface area contributed by atoms with Crippen molar-refractivity contribution in [1.29, 1.82) is 0 Å². The fraction of sp³-hybridized carbons (Fsp3) is 0.214. The molecule has 0 aliphatic rings. The number of aryl methyl sites for hydroxylation is 1. The van der Waals surface area contributed by atoms with Crippen LogP contribution in [0.25, 0.3) is 0 Å². The summed E-state index contributed by atoms with van der Waals surface area (Å²) in [4.78, 5) is 23.3. The molecule has 7 heteroatoms. The van der Waals surface area contributed by atoms with Crippen LogP contribution >= 0.6 is 23.3 Å². The lowest BCUT2D eigenvalue weighted by atomic mass is 10.1. The number of thioether (sulfide) groups is 1. The molecule has 1 amide bonds. The molecule has 2 rings (SSSR count). The molecule has 0 spiro atoms. The first-order valence-electron chi connectivity index (χ1n) is 6.11. The molecule has 110 valence electrons. The van der Waals surface area contributed by atoms with Gasteiger partial charge in [0.15, 0.2) is 0 Å². The van der Waals surface area contributed by atoms with Crippen molar-refractivity contribution in [1.82, 2.24) is 4.37 Å². The van der Waals surface area contributed by atoms with Gasteiger partial charge in [0.25, 0.3) is 5.91 Å². The quantitative estimate of drug-likeness (QED) is 0.883. The predicted octanol–water partition coefficient (Wildman–Crippen LogP) is 3.27. The molecule has 0 atom stereocenters. The van der Waals surface area contributed by atoms with Crippen LogP contribution in [-0.4, -0.2) is 27.6 Å². The van der Waals surface area contributed by atoms with Gasteiger partial charge in [-0.15, -0.1) is 0 Å². The van der Waals surface area contributed by atoms with Gasteiger partial charge in [-0.1, -0.05) is 12.1 Å². The van der Waals surface area contributed by atoms with Crippen LogP contribution in [0.5, 0.6) is 0 Å². The number of hydrogen-bond donors (Lipinski definition) is 2. The van der Waals surface area contributed by atoms with Crippen molar-refractivity contribution in [3.8, 4) is 0 Å². The molecule has 1 heterocycles. The number of aromatic nitrogens is 1. The molecule has 0 saturated carbocycles. The molecule has 0 bridgehead atoms. The van der Waals surface area contributed by atoms with Gasteiger partial charge in [-0.25, -0.2) is 4.79 Å². The van der Waals surface area contributed by atoms with Crippen LogP contribution < -0.4 is 5.32 Å². The summed E-state index contributed by atoms with van der Waals surface area (Å²) in [5, 5.41) is 12.0. The Labute approximate surface area is 130 Å². The third-order valence-electron chi connectivity index (χ3n) is 2.83. The Hall–Kier alpha value is -1.86. The smallest absolute Gasteiger partial charge is 0.340 e. The Bertz CT molecular complexity index is 665. The van der Waals surface area contributed by atoms with Crippen LogP contribution in [0.15, 0.2) is 24.3 Å². The molecule has 0 fully saturated rings. The molecule has 0 aliphatic heterocycles. The van der Waals surface area contributed by atoms with E-state index in [2.05, 4.69) is 9.69 Å². The number of amides is 1. The zero-order valence-corrected chi connectivity index (χ0v) is 13.2. The Morgan fingerprint density at radius 3 is 2.57 bits per heavy atom. The fourth-order valence-corrected chi connectivity index (χ4v) is 3.11. The number of hydrogen-bond acceptors (Lipinski definition) is 5. The van der Waals surface area contributed by atoms with Crippen molar-refractivity contribution in [3.05, 3.63) is 46.6 Å². The molecule has 5 nitrogen and oxygen atoms in total. The van der Waals surface area contributed by atoms with Gasteiger partial charge < -0.3 is 10.4 Å². The van der Waals surface area contributed by atoms with Gasteiger partial charge in [-0.05, 0) is 42.4 Å². The Morgan fingerprint density at radius 1 is 1.33 bits per heavy atom. The number of carboxylic acid groups (broad SMARTS) is 1. The third kappa shape index (κ3) is 3.62. The van der Waals surface area contributed by atoms with E-state index in [1.165, 1.54) is 0 Å². The molecule has 0 aliphatic carbocycles. The summed E-state index contributed by atoms with van der Waals surface area (Å²) < 4.78 is 3.97. The van der Waals surface area contributed by atoms with E-state index in [0.717, 1.165) is 22.8 Å². The minimum Gasteiger partial charge on any atom is -0.478 e. The van der Waals surface area contributed by atoms with Crippen molar-refractivity contribution in [2.45, 2.75) is 12.7 Å². The molecule has 0 radical (unpaired) electrons. The van der Waals surface area contributed by atoms with E-state index in [1.807, 2.05) is 18.4 Å². The van der Waals surface area contributed by atoms with Crippen LogP contribution in [-0.2, 0) is 5.75 Å². The molecule has 21 heavy (non-hydrogen) atoms. The van der Waals surface area contributed by atoms with E-state index in [-0.39, 0.29) is 16.5 Å². The molecule has 0 unspecified atom stereocenters. The summed E-state index contributed by atoms with van der Waals surface area (Å²) in [6.07, 6.45) is 2.01. The summed E-state index contributed by atoms with van der Waals surface area (Å²) in [6.45, 7) is 1.60. The number of nitrogens with one attached hydrogen (secondary N) is 1. The average molecular weight is 322 g/mol. The second kappa shape index (κ2) is 6.73. The first-order valence-corrected chi connectivity index (χ1v) is 8.28. The monoisotopic (exact) mass is 322 g/mol. The highest BCUT2D eigenvalue weighted by molar-refractivity contribution is 7.97. The second-order valence-corrected chi connectivity index (χ2v) is 6.00. The van der Waals surface area contributed by atoms with Crippen LogP contribution in [0.3, 0.4) is 0 Å². The Balaban J connectivity index is 2.16. The average Bonchev–Trinajstić information content (AvgIpc) is 2.81. The lowest BCUT2D eigenvalue weighted by Crippen LogP contribution is -2.13. The zero-order chi connectivity index (χ0) is 15.4. The lowest BCUT2D eigenvalue weighted by molar-refractivity contribution is 0.0697. The van der Waals surface area contributed by atoms with Crippen molar-refractivity contribution in [3.63, 3.8) is 0 Å². The number of benzene rings is 1. The summed E-state index contributed by atoms with van der Waals surface area (Å²) in [7, 11) is 0. The second-order valence-electron chi connectivity index (χ2n) is 4.36. The summed E-state index contributed by atoms with van der Waals surface area (Å²) in [5.41, 5.74) is 2.08.